The Morgan fingerprint density at radius 2 is 1.87 bits per heavy atom. The number of aliphatic hydroxyl groups excluding tert-OH is 1. The SMILES string of the molecule is O=C(O)c1cc2c(cc1CO)OCCO2. The van der Waals surface area contributed by atoms with E-state index in [4.69, 9.17) is 19.7 Å². The van der Waals surface area contributed by atoms with Gasteiger partial charge in [-0.2, -0.15) is 0 Å². The summed E-state index contributed by atoms with van der Waals surface area (Å²) in [6, 6.07) is 2.88. The molecule has 5 nitrogen and oxygen atoms in total. The number of rotatable bonds is 2. The zero-order chi connectivity index (χ0) is 10.8. The molecule has 0 atom stereocenters. The second kappa shape index (κ2) is 3.78. The zero-order valence-corrected chi connectivity index (χ0v) is 7.90. The fourth-order valence-corrected chi connectivity index (χ4v) is 1.46. The summed E-state index contributed by atoms with van der Waals surface area (Å²) < 4.78 is 10.5. The van der Waals surface area contributed by atoms with Gasteiger partial charge in [-0.05, 0) is 17.7 Å². The van der Waals surface area contributed by atoms with E-state index in [0.717, 1.165) is 0 Å². The molecular weight excluding hydrogens is 200 g/mol. The molecule has 1 aromatic rings. The highest BCUT2D eigenvalue weighted by Gasteiger charge is 2.18. The molecule has 0 aliphatic carbocycles. The molecule has 1 aromatic carbocycles. The Morgan fingerprint density at radius 3 is 2.40 bits per heavy atom. The number of carbonyl (C=O) groups is 1. The minimum Gasteiger partial charge on any atom is -0.486 e. The molecule has 1 aliphatic heterocycles. The summed E-state index contributed by atoms with van der Waals surface area (Å²) >= 11 is 0. The minimum atomic E-state index is -1.09. The number of aromatic carboxylic acids is 1. The number of hydrogen-bond donors (Lipinski definition) is 2. The number of fused-ring (bicyclic) bond motifs is 1. The van der Waals surface area contributed by atoms with Crippen molar-refractivity contribution in [1.82, 2.24) is 0 Å². The van der Waals surface area contributed by atoms with Gasteiger partial charge in [0.2, 0.25) is 0 Å². The van der Waals surface area contributed by atoms with Crippen LogP contribution in [0.25, 0.3) is 0 Å². The van der Waals surface area contributed by atoms with Gasteiger partial charge in [-0.15, -0.1) is 0 Å². The van der Waals surface area contributed by atoms with E-state index in [1.165, 1.54) is 12.1 Å². The number of ether oxygens (including phenoxy) is 2. The van der Waals surface area contributed by atoms with Crippen molar-refractivity contribution in [2.45, 2.75) is 6.61 Å². The first kappa shape index (κ1) is 9.79. The van der Waals surface area contributed by atoms with Gasteiger partial charge in [-0.3, -0.25) is 0 Å². The summed E-state index contributed by atoms with van der Waals surface area (Å²) in [5.74, 6) is -0.192. The van der Waals surface area contributed by atoms with Crippen molar-refractivity contribution in [3.05, 3.63) is 23.3 Å². The Morgan fingerprint density at radius 1 is 1.27 bits per heavy atom. The van der Waals surface area contributed by atoms with Crippen LogP contribution in [0.15, 0.2) is 12.1 Å². The third-order valence-electron chi connectivity index (χ3n) is 2.17. The fraction of sp³-hybridized carbons (Fsp3) is 0.300. The summed E-state index contributed by atoms with van der Waals surface area (Å²) in [7, 11) is 0. The number of aliphatic hydroxyl groups is 1. The average molecular weight is 210 g/mol. The molecule has 1 aliphatic rings. The van der Waals surface area contributed by atoms with Gasteiger partial charge in [0.05, 0.1) is 12.2 Å². The van der Waals surface area contributed by atoms with Gasteiger partial charge in [-0.25, -0.2) is 4.79 Å². The summed E-state index contributed by atoms with van der Waals surface area (Å²) in [4.78, 5) is 10.9. The molecular formula is C10H10O5. The standard InChI is InChI=1S/C10H10O5/c11-5-6-3-8-9(15-2-1-14-8)4-7(6)10(12)13/h3-4,11H,1-2,5H2,(H,12,13). The second-order valence-corrected chi connectivity index (χ2v) is 3.12. The van der Waals surface area contributed by atoms with Crippen molar-refractivity contribution < 1.29 is 24.5 Å². The van der Waals surface area contributed by atoms with E-state index in [0.29, 0.717) is 30.3 Å². The fourth-order valence-electron chi connectivity index (χ4n) is 1.46. The molecule has 0 unspecified atom stereocenters. The largest absolute Gasteiger partial charge is 0.486 e. The third-order valence-corrected chi connectivity index (χ3v) is 2.17. The van der Waals surface area contributed by atoms with Crippen LogP contribution in [0, 0.1) is 0 Å². The second-order valence-electron chi connectivity index (χ2n) is 3.12. The molecule has 0 fully saturated rings. The predicted molar refractivity (Wildman–Crippen MR) is 50.3 cm³/mol. The smallest absolute Gasteiger partial charge is 0.336 e. The van der Waals surface area contributed by atoms with Crippen LogP contribution in [-0.2, 0) is 6.61 Å². The molecule has 0 aromatic heterocycles. The summed E-state index contributed by atoms with van der Waals surface area (Å²) in [6.45, 7) is 0.507. The maximum absolute atomic E-state index is 10.9. The Kier molecular flexibility index (Phi) is 2.47. The highest BCUT2D eigenvalue weighted by molar-refractivity contribution is 5.90. The maximum Gasteiger partial charge on any atom is 0.336 e. The lowest BCUT2D eigenvalue weighted by molar-refractivity contribution is 0.0692. The van der Waals surface area contributed by atoms with Crippen LogP contribution in [0.3, 0.4) is 0 Å². The van der Waals surface area contributed by atoms with Crippen molar-refractivity contribution >= 4 is 5.97 Å². The Balaban J connectivity index is 2.51. The molecule has 1 heterocycles. The minimum absolute atomic E-state index is 0.0433. The van der Waals surface area contributed by atoms with Crippen LogP contribution in [0.4, 0.5) is 0 Å². The van der Waals surface area contributed by atoms with Gasteiger partial charge in [-0.1, -0.05) is 0 Å². The van der Waals surface area contributed by atoms with E-state index in [1.807, 2.05) is 0 Å². The van der Waals surface area contributed by atoms with Crippen molar-refractivity contribution in [2.75, 3.05) is 13.2 Å². The normalized spacial score (nSPS) is 13.7. The van der Waals surface area contributed by atoms with Crippen molar-refractivity contribution in [2.24, 2.45) is 0 Å². The summed E-state index contributed by atoms with van der Waals surface area (Å²) in [6.07, 6.45) is 0. The van der Waals surface area contributed by atoms with Crippen LogP contribution in [-0.4, -0.2) is 29.4 Å². The van der Waals surface area contributed by atoms with Gasteiger partial charge in [0, 0.05) is 0 Å². The summed E-state index contributed by atoms with van der Waals surface area (Å²) in [5.41, 5.74) is 0.369. The highest BCUT2D eigenvalue weighted by Crippen LogP contribution is 2.33. The van der Waals surface area contributed by atoms with Gasteiger partial charge >= 0.3 is 5.97 Å². The van der Waals surface area contributed by atoms with Crippen molar-refractivity contribution in [3.8, 4) is 11.5 Å². The Labute approximate surface area is 85.9 Å². The third kappa shape index (κ3) is 1.73. The van der Waals surface area contributed by atoms with Crippen LogP contribution in [0.5, 0.6) is 11.5 Å². The molecule has 0 spiro atoms. The quantitative estimate of drug-likeness (QED) is 0.749. The molecule has 15 heavy (non-hydrogen) atoms. The lowest BCUT2D eigenvalue weighted by Crippen LogP contribution is -2.16. The maximum atomic E-state index is 10.9. The van der Waals surface area contributed by atoms with Gasteiger partial charge in [0.25, 0.3) is 0 Å². The van der Waals surface area contributed by atoms with E-state index in [-0.39, 0.29) is 12.2 Å². The van der Waals surface area contributed by atoms with Crippen LogP contribution >= 0.6 is 0 Å². The Hall–Kier alpha value is -1.75. The summed E-state index contributed by atoms with van der Waals surface area (Å²) in [5, 5.41) is 17.9. The van der Waals surface area contributed by atoms with Crippen LogP contribution < -0.4 is 9.47 Å². The van der Waals surface area contributed by atoms with Crippen molar-refractivity contribution in [3.63, 3.8) is 0 Å². The first-order chi connectivity index (χ1) is 7.22. The zero-order valence-electron chi connectivity index (χ0n) is 7.90. The topological polar surface area (TPSA) is 76.0 Å². The first-order valence-corrected chi connectivity index (χ1v) is 4.49. The first-order valence-electron chi connectivity index (χ1n) is 4.49. The molecule has 0 radical (unpaired) electrons. The van der Waals surface area contributed by atoms with E-state index < -0.39 is 5.97 Å². The lowest BCUT2D eigenvalue weighted by Gasteiger charge is -2.19. The highest BCUT2D eigenvalue weighted by atomic mass is 16.6. The number of hydrogen-bond acceptors (Lipinski definition) is 4. The molecule has 5 heteroatoms. The molecule has 0 saturated carbocycles. The van der Waals surface area contributed by atoms with Gasteiger partial charge in [0.15, 0.2) is 11.5 Å². The molecule has 0 amide bonds. The van der Waals surface area contributed by atoms with Crippen molar-refractivity contribution in [1.29, 1.82) is 0 Å². The van der Waals surface area contributed by atoms with E-state index in [9.17, 15) is 4.79 Å². The van der Waals surface area contributed by atoms with Crippen LogP contribution in [0.1, 0.15) is 15.9 Å². The van der Waals surface area contributed by atoms with E-state index >= 15 is 0 Å². The molecule has 0 bridgehead atoms. The van der Waals surface area contributed by atoms with E-state index in [1.54, 1.807) is 0 Å². The van der Waals surface area contributed by atoms with E-state index in [2.05, 4.69) is 0 Å². The molecule has 2 N–H and O–H groups in total. The molecule has 80 valence electrons. The number of benzene rings is 1. The van der Waals surface area contributed by atoms with Gasteiger partial charge in [0.1, 0.15) is 13.2 Å². The number of carboxylic acids is 1. The van der Waals surface area contributed by atoms with Crippen LogP contribution in [0.2, 0.25) is 0 Å². The Bertz CT molecular complexity index is 399. The monoisotopic (exact) mass is 210 g/mol. The number of carboxylic acid groups (broad SMARTS) is 1. The molecule has 2 rings (SSSR count). The average Bonchev–Trinajstić information content (AvgIpc) is 2.27. The molecule has 0 saturated heterocycles. The lowest BCUT2D eigenvalue weighted by atomic mass is 10.1. The van der Waals surface area contributed by atoms with Gasteiger partial charge < -0.3 is 19.7 Å². The predicted octanol–water partition coefficient (Wildman–Crippen LogP) is 0.648.